The Bertz CT molecular complexity index is 1120. The number of fused-ring (bicyclic) bond motifs is 1. The van der Waals surface area contributed by atoms with Crippen molar-refractivity contribution in [2.45, 2.75) is 38.5 Å². The topological polar surface area (TPSA) is 95.0 Å². The summed E-state index contributed by atoms with van der Waals surface area (Å²) in [5, 5.41) is -0.234. The van der Waals surface area contributed by atoms with Gasteiger partial charge in [-0.3, -0.25) is 19.0 Å². The van der Waals surface area contributed by atoms with Gasteiger partial charge in [0.05, 0.1) is 17.3 Å². The summed E-state index contributed by atoms with van der Waals surface area (Å²) in [6.45, 7) is -2.14. The first-order valence-corrected chi connectivity index (χ1v) is 6.47. The lowest BCUT2D eigenvalue weighted by Gasteiger charge is -2.34. The Labute approximate surface area is 136 Å². The van der Waals surface area contributed by atoms with E-state index in [2.05, 4.69) is 4.98 Å². The van der Waals surface area contributed by atoms with Crippen LogP contribution in [0.5, 0.6) is 0 Å². The third-order valence-corrected chi connectivity index (χ3v) is 3.69. The van der Waals surface area contributed by atoms with Crippen LogP contribution in [0.15, 0.2) is 23.0 Å². The minimum Gasteiger partial charge on any atom is -0.398 e. The zero-order valence-corrected chi connectivity index (χ0v) is 11.6. The highest BCUT2D eigenvalue weighted by atomic mass is 16.2. The fourth-order valence-corrected chi connectivity index (χ4v) is 2.47. The van der Waals surface area contributed by atoms with Gasteiger partial charge in [-0.25, -0.2) is 4.98 Å². The van der Waals surface area contributed by atoms with Crippen LogP contribution in [0.2, 0.25) is 0 Å². The second-order valence-electron chi connectivity index (χ2n) is 5.16. The van der Waals surface area contributed by atoms with Crippen molar-refractivity contribution in [3.05, 3.63) is 34.4 Å². The number of aryl methyl sites for hydroxylation is 1. The molecule has 0 radical (unpaired) electrons. The van der Waals surface area contributed by atoms with Gasteiger partial charge in [-0.2, -0.15) is 0 Å². The summed E-state index contributed by atoms with van der Waals surface area (Å²) in [6.07, 6.45) is -7.41. The van der Waals surface area contributed by atoms with Crippen LogP contribution in [0.4, 0.5) is 5.69 Å². The maximum atomic E-state index is 13.3. The Balaban J connectivity index is 2.56. The van der Waals surface area contributed by atoms with Crippen molar-refractivity contribution in [1.29, 1.82) is 0 Å². The van der Waals surface area contributed by atoms with Crippen LogP contribution < -0.4 is 11.3 Å². The molecule has 0 amide bonds. The monoisotopic (exact) mass is 306 g/mol. The molecule has 0 saturated heterocycles. The van der Waals surface area contributed by atoms with E-state index < -0.39 is 54.5 Å². The molecule has 0 unspecified atom stereocenters. The maximum Gasteiger partial charge on any atom is 0.264 e. The number of nitrogens with two attached hydrogens (primary N) is 1. The van der Waals surface area contributed by atoms with Crippen LogP contribution in [-0.4, -0.2) is 21.1 Å². The third kappa shape index (κ3) is 1.94. The Morgan fingerprint density at radius 2 is 2.18 bits per heavy atom. The van der Waals surface area contributed by atoms with Gasteiger partial charge < -0.3 is 5.73 Å². The molecule has 1 aliphatic carbocycles. The standard InChI is InChI=1S/C16H17N3O3/c1-9-18-12-5-3-4-11(17)14(12)15(22)19(9)16(2)7-6-10(20)8-13(16)21/h3-5H,6-8,17H2,1-2H3/t16-/m0/s1/i1D3,6D2,7D2. The van der Waals surface area contributed by atoms with Gasteiger partial charge in [0.2, 0.25) is 0 Å². The lowest BCUT2D eigenvalue weighted by Crippen LogP contribution is -2.49. The van der Waals surface area contributed by atoms with Crippen LogP contribution in [0.3, 0.4) is 0 Å². The second-order valence-corrected chi connectivity index (χ2v) is 5.16. The first kappa shape index (κ1) is 8.22. The van der Waals surface area contributed by atoms with E-state index in [-0.39, 0.29) is 16.6 Å². The summed E-state index contributed by atoms with van der Waals surface area (Å²) in [4.78, 5) is 42.1. The van der Waals surface area contributed by atoms with Gasteiger partial charge in [-0.05, 0) is 32.3 Å². The summed E-state index contributed by atoms with van der Waals surface area (Å²) in [6, 6.07) is 4.14. The van der Waals surface area contributed by atoms with Crippen molar-refractivity contribution in [3.8, 4) is 0 Å². The Kier molecular flexibility index (Phi) is 1.78. The number of hydrogen-bond donors (Lipinski definition) is 1. The number of rotatable bonds is 1. The van der Waals surface area contributed by atoms with Crippen molar-refractivity contribution >= 4 is 28.2 Å². The van der Waals surface area contributed by atoms with E-state index in [1.54, 1.807) is 0 Å². The first-order chi connectivity index (χ1) is 13.1. The molecule has 2 aromatic rings. The summed E-state index contributed by atoms with van der Waals surface area (Å²) >= 11 is 0. The van der Waals surface area contributed by atoms with Crippen LogP contribution >= 0.6 is 0 Å². The fourth-order valence-electron chi connectivity index (χ4n) is 2.47. The number of carbonyl (C=O) groups excluding carboxylic acids is 2. The number of benzene rings is 1. The largest absolute Gasteiger partial charge is 0.398 e. The zero-order chi connectivity index (χ0) is 22.2. The molecule has 6 nitrogen and oxygen atoms in total. The van der Waals surface area contributed by atoms with Gasteiger partial charge in [-0.15, -0.1) is 0 Å². The molecule has 1 atom stereocenters. The number of aromatic nitrogens is 2. The molecular formula is C16H17N3O3. The molecule has 6 heteroatoms. The SMILES string of the molecule is [2H]C([2H])([2H])c1nc2cccc(N)c2c(=O)n1[C@]1(C)C(=O)CC(=O)C([2H])([2H])C1([2H])[2H]. The molecule has 1 aromatic carbocycles. The molecule has 22 heavy (non-hydrogen) atoms. The Morgan fingerprint density at radius 1 is 1.41 bits per heavy atom. The molecule has 0 bridgehead atoms. The molecule has 2 N–H and O–H groups in total. The third-order valence-electron chi connectivity index (χ3n) is 3.69. The van der Waals surface area contributed by atoms with Gasteiger partial charge in [-0.1, -0.05) is 6.07 Å². The average molecular weight is 306 g/mol. The highest BCUT2D eigenvalue weighted by Crippen LogP contribution is 2.30. The number of Topliss-reactive ketones (excluding diaryl/α,β-unsaturated/α-hetero) is 2. The van der Waals surface area contributed by atoms with Crippen molar-refractivity contribution in [3.63, 3.8) is 0 Å². The maximum absolute atomic E-state index is 13.3. The molecule has 0 spiro atoms. The van der Waals surface area contributed by atoms with Crippen LogP contribution in [0.1, 0.15) is 41.5 Å². The fraction of sp³-hybridized carbons (Fsp3) is 0.375. The lowest BCUT2D eigenvalue weighted by molar-refractivity contribution is -0.136. The molecule has 3 rings (SSSR count). The predicted octanol–water partition coefficient (Wildman–Crippen LogP) is 1.32. The number of carbonyl (C=O) groups is 2. The van der Waals surface area contributed by atoms with Crippen molar-refractivity contribution in [2.75, 3.05) is 5.73 Å². The van der Waals surface area contributed by atoms with E-state index in [0.717, 1.165) is 6.92 Å². The molecule has 1 aromatic heterocycles. The van der Waals surface area contributed by atoms with Crippen LogP contribution in [0, 0.1) is 6.85 Å². The number of anilines is 1. The molecule has 1 fully saturated rings. The number of ketones is 2. The summed E-state index contributed by atoms with van der Waals surface area (Å²) in [5.74, 6) is -3.32. The minimum atomic E-state index is -3.25. The van der Waals surface area contributed by atoms with Gasteiger partial charge in [0.1, 0.15) is 17.1 Å². The van der Waals surface area contributed by atoms with Gasteiger partial charge >= 0.3 is 0 Å². The van der Waals surface area contributed by atoms with Gasteiger partial charge in [0.15, 0.2) is 5.78 Å². The van der Waals surface area contributed by atoms with Gasteiger partial charge in [0, 0.05) is 21.7 Å². The first-order valence-electron chi connectivity index (χ1n) is 9.97. The molecule has 1 saturated carbocycles. The van der Waals surface area contributed by atoms with Crippen molar-refractivity contribution in [1.82, 2.24) is 9.55 Å². The highest BCUT2D eigenvalue weighted by Gasteiger charge is 2.41. The smallest absolute Gasteiger partial charge is 0.264 e. The molecule has 1 heterocycles. The number of nitrogens with zero attached hydrogens (tertiary/aromatic N) is 2. The lowest BCUT2D eigenvalue weighted by atomic mass is 9.81. The van der Waals surface area contributed by atoms with Crippen molar-refractivity contribution in [2.24, 2.45) is 0 Å². The zero-order valence-electron chi connectivity index (χ0n) is 18.6. The van der Waals surface area contributed by atoms with E-state index in [4.69, 9.17) is 15.3 Å². The van der Waals surface area contributed by atoms with E-state index in [1.807, 2.05) is 0 Å². The molecule has 114 valence electrons. The predicted molar refractivity (Wildman–Crippen MR) is 82.7 cm³/mol. The Morgan fingerprint density at radius 3 is 2.91 bits per heavy atom. The average Bonchev–Trinajstić information content (AvgIpc) is 2.58. The summed E-state index contributed by atoms with van der Waals surface area (Å²) in [7, 11) is 0. The van der Waals surface area contributed by atoms with Crippen LogP contribution in [-0.2, 0) is 15.1 Å². The second kappa shape index (κ2) is 4.76. The number of nitrogen functional groups attached to an aromatic ring is 1. The molecule has 1 aliphatic rings. The van der Waals surface area contributed by atoms with E-state index >= 15 is 0 Å². The van der Waals surface area contributed by atoms with E-state index in [1.165, 1.54) is 18.2 Å². The minimum absolute atomic E-state index is 0.0659. The van der Waals surface area contributed by atoms with Crippen molar-refractivity contribution < 1.29 is 19.2 Å². The highest BCUT2D eigenvalue weighted by molar-refractivity contribution is 6.05. The summed E-state index contributed by atoms with van der Waals surface area (Å²) in [5.41, 5.74) is 1.93. The molecular weight excluding hydrogens is 282 g/mol. The van der Waals surface area contributed by atoms with E-state index in [9.17, 15) is 14.4 Å². The number of hydrogen-bond acceptors (Lipinski definition) is 5. The normalized spacial score (nSPS) is 32.1. The quantitative estimate of drug-likeness (QED) is 0.633. The van der Waals surface area contributed by atoms with Crippen LogP contribution in [0.25, 0.3) is 10.9 Å². The molecule has 0 aliphatic heterocycles. The van der Waals surface area contributed by atoms with E-state index in [0.29, 0.717) is 4.57 Å². The van der Waals surface area contributed by atoms with Gasteiger partial charge in [0.25, 0.3) is 5.56 Å². The Hall–Kier alpha value is -2.50. The summed E-state index contributed by atoms with van der Waals surface area (Å²) < 4.78 is 56.1.